The van der Waals surface area contributed by atoms with E-state index in [1.54, 1.807) is 30.5 Å². The van der Waals surface area contributed by atoms with Gasteiger partial charge in [0.15, 0.2) is 5.76 Å². The minimum Gasteiger partial charge on any atom is -0.493 e. The highest BCUT2D eigenvalue weighted by Crippen LogP contribution is 2.27. The normalized spacial score (nSPS) is 14.1. The summed E-state index contributed by atoms with van der Waals surface area (Å²) in [6, 6.07) is 17.9. The van der Waals surface area contributed by atoms with Crippen molar-refractivity contribution in [3.63, 3.8) is 0 Å². The molecular weight excluding hydrogens is 458 g/mol. The van der Waals surface area contributed by atoms with E-state index in [1.165, 1.54) is 0 Å². The lowest BCUT2D eigenvalue weighted by atomic mass is 9.98. The number of hydrogen-bond acceptors (Lipinski definition) is 6. The predicted molar refractivity (Wildman–Crippen MR) is 137 cm³/mol. The van der Waals surface area contributed by atoms with E-state index in [2.05, 4.69) is 15.2 Å². The molecule has 1 amide bonds. The molecule has 1 fully saturated rings. The Labute approximate surface area is 208 Å². The van der Waals surface area contributed by atoms with Crippen LogP contribution in [-0.4, -0.2) is 41.7 Å². The number of pyridine rings is 1. The van der Waals surface area contributed by atoms with Crippen molar-refractivity contribution in [1.82, 2.24) is 4.98 Å². The lowest BCUT2D eigenvalue weighted by molar-refractivity contribution is 0.0696. The summed E-state index contributed by atoms with van der Waals surface area (Å²) in [5.74, 6) is 0.875. The molecule has 0 aliphatic carbocycles. The van der Waals surface area contributed by atoms with E-state index in [0.717, 1.165) is 42.7 Å². The molecule has 1 aliphatic rings. The lowest BCUT2D eigenvalue weighted by Crippen LogP contribution is -2.36. The molecule has 8 heteroatoms. The first kappa shape index (κ1) is 23.4. The minimum atomic E-state index is -0.962. The number of hydrogen-bond donors (Lipinski definition) is 2. The van der Waals surface area contributed by atoms with Crippen LogP contribution in [0.2, 0.25) is 0 Å². The van der Waals surface area contributed by atoms with Crippen molar-refractivity contribution in [2.24, 2.45) is 5.92 Å². The summed E-state index contributed by atoms with van der Waals surface area (Å²) in [6.45, 7) is 4.13. The van der Waals surface area contributed by atoms with Crippen LogP contribution < -0.4 is 15.0 Å². The SMILES string of the molecule is Cc1c(C(=O)Nc2ccc(N3CCC(COc4cccc(C(=O)O)c4)CC3)nc2)oc2ccccc12. The fraction of sp³-hybridized carbons (Fsp3) is 0.250. The van der Waals surface area contributed by atoms with Gasteiger partial charge in [0.1, 0.15) is 17.2 Å². The predicted octanol–water partition coefficient (Wildman–Crippen LogP) is 5.38. The number of nitrogens with one attached hydrogen (secondary N) is 1. The standard InChI is InChI=1S/C28H27N3O5/c1-18-23-7-2-3-8-24(23)36-26(18)27(32)30-21-9-10-25(29-16-21)31-13-11-19(12-14-31)17-35-22-6-4-5-20(15-22)28(33)34/h2-10,15-16,19H,11-14,17H2,1H3,(H,30,32)(H,33,34). The van der Waals surface area contributed by atoms with Gasteiger partial charge in [-0.15, -0.1) is 0 Å². The Balaban J connectivity index is 1.13. The number of piperidine rings is 1. The van der Waals surface area contributed by atoms with Crippen molar-refractivity contribution >= 4 is 34.4 Å². The van der Waals surface area contributed by atoms with Gasteiger partial charge in [0, 0.05) is 24.0 Å². The first-order valence-electron chi connectivity index (χ1n) is 11.9. The van der Waals surface area contributed by atoms with Gasteiger partial charge in [-0.1, -0.05) is 24.3 Å². The first-order chi connectivity index (χ1) is 17.5. The number of carboxylic acid groups (broad SMARTS) is 1. The smallest absolute Gasteiger partial charge is 0.335 e. The van der Waals surface area contributed by atoms with Crippen molar-refractivity contribution in [3.05, 3.63) is 83.7 Å². The summed E-state index contributed by atoms with van der Waals surface area (Å²) in [6.07, 6.45) is 3.56. The van der Waals surface area contributed by atoms with Crippen LogP contribution >= 0.6 is 0 Å². The van der Waals surface area contributed by atoms with Gasteiger partial charge in [-0.2, -0.15) is 0 Å². The average Bonchev–Trinajstić information content (AvgIpc) is 3.25. The monoisotopic (exact) mass is 485 g/mol. The minimum absolute atomic E-state index is 0.223. The molecule has 1 aliphatic heterocycles. The molecule has 184 valence electrons. The number of amides is 1. The topological polar surface area (TPSA) is 105 Å². The van der Waals surface area contributed by atoms with Gasteiger partial charge in [-0.25, -0.2) is 9.78 Å². The molecular formula is C28H27N3O5. The van der Waals surface area contributed by atoms with Crippen molar-refractivity contribution in [3.8, 4) is 5.75 Å². The quantitative estimate of drug-likeness (QED) is 0.362. The van der Waals surface area contributed by atoms with Crippen molar-refractivity contribution in [2.45, 2.75) is 19.8 Å². The number of nitrogens with zero attached hydrogens (tertiary/aromatic N) is 2. The molecule has 0 unspecified atom stereocenters. The summed E-state index contributed by atoms with van der Waals surface area (Å²) in [5.41, 5.74) is 2.33. The molecule has 8 nitrogen and oxygen atoms in total. The molecule has 0 radical (unpaired) electrons. The Morgan fingerprint density at radius 1 is 1.11 bits per heavy atom. The summed E-state index contributed by atoms with van der Waals surface area (Å²) < 4.78 is 11.6. The van der Waals surface area contributed by atoms with E-state index in [9.17, 15) is 9.59 Å². The summed E-state index contributed by atoms with van der Waals surface area (Å²) in [5, 5.41) is 12.9. The van der Waals surface area contributed by atoms with Gasteiger partial charge in [-0.3, -0.25) is 4.79 Å². The van der Waals surface area contributed by atoms with E-state index >= 15 is 0 Å². The molecule has 0 spiro atoms. The number of fused-ring (bicyclic) bond motifs is 1. The van der Waals surface area contributed by atoms with Crippen LogP contribution in [0.5, 0.6) is 5.75 Å². The molecule has 2 aromatic heterocycles. The fourth-order valence-corrected chi connectivity index (χ4v) is 4.49. The average molecular weight is 486 g/mol. The number of carbonyl (C=O) groups excluding carboxylic acids is 1. The van der Waals surface area contributed by atoms with E-state index < -0.39 is 5.97 Å². The Morgan fingerprint density at radius 3 is 2.64 bits per heavy atom. The second kappa shape index (κ2) is 10.1. The first-order valence-corrected chi connectivity index (χ1v) is 11.9. The third kappa shape index (κ3) is 5.02. The molecule has 3 heterocycles. The molecule has 0 bridgehead atoms. The number of para-hydroxylation sites is 1. The molecule has 0 saturated carbocycles. The third-order valence-electron chi connectivity index (χ3n) is 6.56. The lowest BCUT2D eigenvalue weighted by Gasteiger charge is -2.32. The number of benzene rings is 2. The molecule has 1 saturated heterocycles. The van der Waals surface area contributed by atoms with Gasteiger partial charge in [0.25, 0.3) is 5.91 Å². The van der Waals surface area contributed by atoms with Crippen molar-refractivity contribution in [1.29, 1.82) is 0 Å². The molecule has 4 aromatic rings. The van der Waals surface area contributed by atoms with Gasteiger partial charge in [-0.05, 0) is 62.1 Å². The van der Waals surface area contributed by atoms with Crippen molar-refractivity contribution in [2.75, 3.05) is 29.9 Å². The number of aromatic carboxylic acids is 1. The van der Waals surface area contributed by atoms with E-state index in [1.807, 2.05) is 43.3 Å². The zero-order valence-corrected chi connectivity index (χ0v) is 19.9. The fourth-order valence-electron chi connectivity index (χ4n) is 4.49. The number of anilines is 2. The molecule has 36 heavy (non-hydrogen) atoms. The zero-order valence-electron chi connectivity index (χ0n) is 19.9. The van der Waals surface area contributed by atoms with Crippen LogP contribution in [0.4, 0.5) is 11.5 Å². The highest BCUT2D eigenvalue weighted by atomic mass is 16.5. The van der Waals surface area contributed by atoms with E-state index in [-0.39, 0.29) is 11.5 Å². The molecule has 2 N–H and O–H groups in total. The maximum Gasteiger partial charge on any atom is 0.335 e. The van der Waals surface area contributed by atoms with Gasteiger partial charge >= 0.3 is 5.97 Å². The van der Waals surface area contributed by atoms with Crippen LogP contribution in [-0.2, 0) is 0 Å². The van der Waals surface area contributed by atoms with Crippen molar-refractivity contribution < 1.29 is 23.8 Å². The van der Waals surface area contributed by atoms with E-state index in [0.29, 0.717) is 35.3 Å². The number of carboxylic acids is 1. The summed E-state index contributed by atoms with van der Waals surface area (Å²) in [4.78, 5) is 30.7. The number of ether oxygens (including phenoxy) is 1. The number of carbonyl (C=O) groups is 2. The number of furan rings is 1. The molecule has 2 aromatic carbocycles. The Kier molecular flexibility index (Phi) is 6.58. The highest BCUT2D eigenvalue weighted by Gasteiger charge is 2.22. The number of aryl methyl sites for hydroxylation is 1. The number of aromatic nitrogens is 1. The van der Waals surface area contributed by atoms with Crippen LogP contribution in [0, 0.1) is 12.8 Å². The Morgan fingerprint density at radius 2 is 1.92 bits per heavy atom. The Hall–Kier alpha value is -4.33. The third-order valence-corrected chi connectivity index (χ3v) is 6.56. The van der Waals surface area contributed by atoms with Gasteiger partial charge in [0.2, 0.25) is 0 Å². The maximum atomic E-state index is 12.8. The van der Waals surface area contributed by atoms with Gasteiger partial charge in [0.05, 0.1) is 24.1 Å². The van der Waals surface area contributed by atoms with Gasteiger partial charge < -0.3 is 24.5 Å². The van der Waals surface area contributed by atoms with Crippen LogP contribution in [0.15, 0.2) is 71.3 Å². The van der Waals surface area contributed by atoms with Crippen LogP contribution in [0.1, 0.15) is 39.3 Å². The van der Waals surface area contributed by atoms with E-state index in [4.69, 9.17) is 14.3 Å². The second-order valence-electron chi connectivity index (χ2n) is 8.99. The molecule has 5 rings (SSSR count). The largest absolute Gasteiger partial charge is 0.493 e. The second-order valence-corrected chi connectivity index (χ2v) is 8.99. The summed E-state index contributed by atoms with van der Waals surface area (Å²) in [7, 11) is 0. The zero-order chi connectivity index (χ0) is 25.1. The Bertz CT molecular complexity index is 1390. The van der Waals surface area contributed by atoms with Crippen LogP contribution in [0.25, 0.3) is 11.0 Å². The number of rotatable bonds is 7. The summed E-state index contributed by atoms with van der Waals surface area (Å²) >= 11 is 0. The highest BCUT2D eigenvalue weighted by molar-refractivity contribution is 6.06. The molecule has 0 atom stereocenters. The maximum absolute atomic E-state index is 12.8. The van der Waals surface area contributed by atoms with Crippen LogP contribution in [0.3, 0.4) is 0 Å².